The maximum atomic E-state index is 11.8. The number of hydrogen-bond donors (Lipinski definition) is 3. The van der Waals surface area contributed by atoms with Crippen LogP contribution in [0.4, 0.5) is 0 Å². The highest BCUT2D eigenvalue weighted by molar-refractivity contribution is 5.81. The number of rotatable bonds is 10. The number of amides is 1. The molecular weight excluding hydrogens is 292 g/mol. The van der Waals surface area contributed by atoms with Crippen LogP contribution in [0.2, 0.25) is 0 Å². The normalized spacial score (nSPS) is 15.4. The van der Waals surface area contributed by atoms with Gasteiger partial charge in [-0.3, -0.25) is 9.79 Å². The molecule has 0 aliphatic heterocycles. The number of guanidine groups is 1. The number of carbonyl (C=O) groups excluding carboxylic acids is 1. The van der Waals surface area contributed by atoms with Gasteiger partial charge in [0.2, 0.25) is 5.91 Å². The van der Waals surface area contributed by atoms with Gasteiger partial charge >= 0.3 is 0 Å². The molecule has 1 saturated carbocycles. The molecule has 0 aromatic heterocycles. The zero-order valence-electron chi connectivity index (χ0n) is 15.2. The predicted molar refractivity (Wildman–Crippen MR) is 94.6 cm³/mol. The topological polar surface area (TPSA) is 74.8 Å². The molecule has 0 heterocycles. The van der Waals surface area contributed by atoms with Gasteiger partial charge in [-0.25, -0.2) is 0 Å². The summed E-state index contributed by atoms with van der Waals surface area (Å²) >= 11 is 0. The average molecular weight is 326 g/mol. The molecule has 0 spiro atoms. The smallest absolute Gasteiger partial charge is 0.225 e. The number of nitrogens with zero attached hydrogens (tertiary/aromatic N) is 1. The SMILES string of the molecule is CCNC(=NCCCOCC1CC1)NCCNC(=O)C(C)(C)C. The molecule has 0 unspecified atom stereocenters. The highest BCUT2D eigenvalue weighted by atomic mass is 16.5. The van der Waals surface area contributed by atoms with E-state index in [0.29, 0.717) is 13.1 Å². The van der Waals surface area contributed by atoms with Crippen molar-refractivity contribution in [3.8, 4) is 0 Å². The standard InChI is InChI=1S/C17H34N4O2/c1-5-18-16(20-9-6-12-23-13-14-7-8-14)21-11-10-19-15(22)17(2,3)4/h14H,5-13H2,1-4H3,(H,19,22)(H2,18,20,21). The molecule has 0 aromatic rings. The molecule has 1 aliphatic rings. The van der Waals surface area contributed by atoms with Crippen molar-refractivity contribution in [3.05, 3.63) is 0 Å². The van der Waals surface area contributed by atoms with Gasteiger partial charge in [0.25, 0.3) is 0 Å². The molecular formula is C17H34N4O2. The molecule has 0 atom stereocenters. The molecule has 6 heteroatoms. The molecule has 23 heavy (non-hydrogen) atoms. The number of aliphatic imine (C=N–C) groups is 1. The van der Waals surface area contributed by atoms with Crippen LogP contribution in [0.25, 0.3) is 0 Å². The molecule has 134 valence electrons. The van der Waals surface area contributed by atoms with Crippen molar-refractivity contribution in [1.29, 1.82) is 0 Å². The Labute approximate surface area is 140 Å². The van der Waals surface area contributed by atoms with E-state index in [0.717, 1.165) is 44.6 Å². The lowest BCUT2D eigenvalue weighted by Gasteiger charge is -2.18. The summed E-state index contributed by atoms with van der Waals surface area (Å²) in [6.07, 6.45) is 3.60. The molecule has 1 rings (SSSR count). The van der Waals surface area contributed by atoms with Gasteiger partial charge in [-0.2, -0.15) is 0 Å². The van der Waals surface area contributed by atoms with E-state index in [4.69, 9.17) is 4.74 Å². The van der Waals surface area contributed by atoms with Crippen LogP contribution in [0.1, 0.15) is 47.0 Å². The number of hydrogen-bond acceptors (Lipinski definition) is 3. The Morgan fingerprint density at radius 3 is 2.48 bits per heavy atom. The van der Waals surface area contributed by atoms with E-state index in [1.807, 2.05) is 27.7 Å². The number of carbonyl (C=O) groups is 1. The monoisotopic (exact) mass is 326 g/mol. The van der Waals surface area contributed by atoms with Crippen LogP contribution in [0.5, 0.6) is 0 Å². The summed E-state index contributed by atoms with van der Waals surface area (Å²) in [5.74, 6) is 1.68. The zero-order valence-corrected chi connectivity index (χ0v) is 15.2. The van der Waals surface area contributed by atoms with Gasteiger partial charge in [-0.1, -0.05) is 20.8 Å². The average Bonchev–Trinajstić information content (AvgIpc) is 3.29. The fraction of sp³-hybridized carbons (Fsp3) is 0.882. The quantitative estimate of drug-likeness (QED) is 0.323. The minimum absolute atomic E-state index is 0.0639. The van der Waals surface area contributed by atoms with Crippen LogP contribution >= 0.6 is 0 Å². The molecule has 0 aromatic carbocycles. The largest absolute Gasteiger partial charge is 0.381 e. The molecule has 1 aliphatic carbocycles. The van der Waals surface area contributed by atoms with Gasteiger partial charge < -0.3 is 20.7 Å². The first-order chi connectivity index (χ1) is 10.9. The zero-order chi connectivity index (χ0) is 17.1. The third-order valence-electron chi connectivity index (χ3n) is 3.50. The van der Waals surface area contributed by atoms with E-state index in [1.165, 1.54) is 12.8 Å². The molecule has 1 amide bonds. The summed E-state index contributed by atoms with van der Waals surface area (Å²) in [5.41, 5.74) is -0.348. The second-order valence-electron chi connectivity index (χ2n) is 7.07. The first-order valence-corrected chi connectivity index (χ1v) is 8.81. The maximum absolute atomic E-state index is 11.8. The van der Waals surface area contributed by atoms with Gasteiger partial charge in [-0.05, 0) is 32.1 Å². The minimum Gasteiger partial charge on any atom is -0.381 e. The summed E-state index contributed by atoms with van der Waals surface area (Å²) < 4.78 is 5.60. The Morgan fingerprint density at radius 1 is 1.17 bits per heavy atom. The van der Waals surface area contributed by atoms with Crippen LogP contribution in [0, 0.1) is 11.3 Å². The van der Waals surface area contributed by atoms with E-state index < -0.39 is 0 Å². The molecule has 6 nitrogen and oxygen atoms in total. The third kappa shape index (κ3) is 10.2. The summed E-state index contributed by atoms with van der Waals surface area (Å²) in [7, 11) is 0. The summed E-state index contributed by atoms with van der Waals surface area (Å²) in [6, 6.07) is 0. The van der Waals surface area contributed by atoms with Crippen molar-refractivity contribution in [2.75, 3.05) is 39.4 Å². The third-order valence-corrected chi connectivity index (χ3v) is 3.50. The Morgan fingerprint density at radius 2 is 1.87 bits per heavy atom. The maximum Gasteiger partial charge on any atom is 0.225 e. The fourth-order valence-electron chi connectivity index (χ4n) is 1.86. The molecule has 1 fully saturated rings. The van der Waals surface area contributed by atoms with Gasteiger partial charge in [0.15, 0.2) is 5.96 Å². The first-order valence-electron chi connectivity index (χ1n) is 8.81. The lowest BCUT2D eigenvalue weighted by Crippen LogP contribution is -2.43. The van der Waals surface area contributed by atoms with E-state index in [-0.39, 0.29) is 11.3 Å². The van der Waals surface area contributed by atoms with Crippen molar-refractivity contribution >= 4 is 11.9 Å². The fourth-order valence-corrected chi connectivity index (χ4v) is 1.86. The van der Waals surface area contributed by atoms with Gasteiger partial charge in [0.05, 0.1) is 0 Å². The Hall–Kier alpha value is -1.30. The van der Waals surface area contributed by atoms with E-state index in [1.54, 1.807) is 0 Å². The van der Waals surface area contributed by atoms with Crippen LogP contribution in [0.15, 0.2) is 4.99 Å². The minimum atomic E-state index is -0.348. The van der Waals surface area contributed by atoms with Crippen molar-refractivity contribution < 1.29 is 9.53 Å². The Bertz CT molecular complexity index is 373. The second-order valence-corrected chi connectivity index (χ2v) is 7.07. The Kier molecular flexibility index (Phi) is 8.99. The van der Waals surface area contributed by atoms with Crippen molar-refractivity contribution in [2.45, 2.75) is 47.0 Å². The number of ether oxygens (including phenoxy) is 1. The van der Waals surface area contributed by atoms with E-state index in [2.05, 4.69) is 20.9 Å². The first kappa shape index (κ1) is 19.7. The van der Waals surface area contributed by atoms with E-state index in [9.17, 15) is 4.79 Å². The van der Waals surface area contributed by atoms with E-state index >= 15 is 0 Å². The van der Waals surface area contributed by atoms with Crippen molar-refractivity contribution in [3.63, 3.8) is 0 Å². The van der Waals surface area contributed by atoms with Gasteiger partial charge in [-0.15, -0.1) is 0 Å². The van der Waals surface area contributed by atoms with Gasteiger partial charge in [0, 0.05) is 44.8 Å². The van der Waals surface area contributed by atoms with Crippen LogP contribution in [-0.4, -0.2) is 51.3 Å². The second kappa shape index (κ2) is 10.5. The molecule has 0 saturated heterocycles. The lowest BCUT2D eigenvalue weighted by molar-refractivity contribution is -0.128. The molecule has 3 N–H and O–H groups in total. The summed E-state index contributed by atoms with van der Waals surface area (Å²) in [5, 5.41) is 9.35. The van der Waals surface area contributed by atoms with Gasteiger partial charge in [0.1, 0.15) is 0 Å². The van der Waals surface area contributed by atoms with Crippen LogP contribution in [0.3, 0.4) is 0 Å². The van der Waals surface area contributed by atoms with Crippen LogP contribution < -0.4 is 16.0 Å². The Balaban J connectivity index is 2.11. The van der Waals surface area contributed by atoms with Crippen molar-refractivity contribution in [1.82, 2.24) is 16.0 Å². The highest BCUT2D eigenvalue weighted by Gasteiger charge is 2.21. The lowest BCUT2D eigenvalue weighted by atomic mass is 9.96. The van der Waals surface area contributed by atoms with Crippen LogP contribution in [-0.2, 0) is 9.53 Å². The summed E-state index contributed by atoms with van der Waals surface area (Å²) in [4.78, 5) is 16.3. The molecule has 0 radical (unpaired) electrons. The summed E-state index contributed by atoms with van der Waals surface area (Å²) in [6.45, 7) is 12.3. The number of nitrogens with one attached hydrogen (secondary N) is 3. The van der Waals surface area contributed by atoms with Crippen molar-refractivity contribution in [2.24, 2.45) is 16.3 Å². The highest BCUT2D eigenvalue weighted by Crippen LogP contribution is 2.28. The predicted octanol–water partition coefficient (Wildman–Crippen LogP) is 1.52. The molecule has 0 bridgehead atoms.